The molecular weight excluding hydrogens is 464 g/mol. The molecule has 0 atom stereocenters. The van der Waals surface area contributed by atoms with E-state index in [0.29, 0.717) is 32.9 Å². The molecule has 1 amide bonds. The van der Waals surface area contributed by atoms with Crippen LogP contribution in [0.3, 0.4) is 0 Å². The number of halogens is 1. The fourth-order valence-corrected chi connectivity index (χ4v) is 3.98. The topological polar surface area (TPSA) is 121 Å². The fourth-order valence-electron chi connectivity index (χ4n) is 3.14. The lowest BCUT2D eigenvalue weighted by atomic mass is 10.1. The van der Waals surface area contributed by atoms with E-state index in [0.717, 1.165) is 11.1 Å². The number of hydrogen-bond acceptors (Lipinski definition) is 8. The number of carbonyl (C=O) groups excluding carboxylic acids is 1. The summed E-state index contributed by atoms with van der Waals surface area (Å²) in [5, 5.41) is 12.3. The number of nitrogen functional groups attached to an aromatic ring is 1. The second-order valence-electron chi connectivity index (χ2n) is 7.11. The Hall–Kier alpha value is -3.50. The first kappa shape index (κ1) is 22.7. The number of anilines is 2. The molecule has 0 unspecified atom stereocenters. The van der Waals surface area contributed by atoms with Gasteiger partial charge in [0.05, 0.1) is 12.1 Å². The summed E-state index contributed by atoms with van der Waals surface area (Å²) in [5.41, 5.74) is 9.30. The first-order valence-corrected chi connectivity index (χ1v) is 11.4. The van der Waals surface area contributed by atoms with Crippen LogP contribution in [0, 0.1) is 6.92 Å². The second kappa shape index (κ2) is 9.55. The zero-order chi connectivity index (χ0) is 23.5. The van der Waals surface area contributed by atoms with E-state index in [4.69, 9.17) is 26.6 Å². The highest BCUT2D eigenvalue weighted by Crippen LogP contribution is 2.35. The Morgan fingerprint density at radius 2 is 2.03 bits per heavy atom. The molecule has 0 bridgehead atoms. The molecule has 2 heterocycles. The van der Waals surface area contributed by atoms with Crippen molar-refractivity contribution in [3.8, 4) is 28.6 Å². The van der Waals surface area contributed by atoms with E-state index in [1.54, 1.807) is 18.2 Å². The molecule has 0 fully saturated rings. The summed E-state index contributed by atoms with van der Waals surface area (Å²) in [5.74, 6) is 1.13. The number of nitrogens with one attached hydrogen (secondary N) is 1. The maximum absolute atomic E-state index is 12.6. The van der Waals surface area contributed by atoms with Gasteiger partial charge in [-0.1, -0.05) is 46.6 Å². The van der Waals surface area contributed by atoms with Crippen LogP contribution in [0.4, 0.5) is 11.5 Å². The summed E-state index contributed by atoms with van der Waals surface area (Å²) < 4.78 is 12.0. The number of nitrogens with zero attached hydrogens (tertiary/aromatic N) is 4. The molecule has 11 heteroatoms. The van der Waals surface area contributed by atoms with Crippen molar-refractivity contribution in [3.05, 3.63) is 53.1 Å². The molecule has 9 nitrogen and oxygen atoms in total. The van der Waals surface area contributed by atoms with Gasteiger partial charge in [-0.15, -0.1) is 11.8 Å². The van der Waals surface area contributed by atoms with Gasteiger partial charge in [0.2, 0.25) is 11.7 Å². The Labute approximate surface area is 199 Å². The number of ether oxygens (including phenoxy) is 1. The number of methoxy groups -OCH3 is 1. The third kappa shape index (κ3) is 4.81. The summed E-state index contributed by atoms with van der Waals surface area (Å²) in [7, 11) is 1.52. The molecule has 4 rings (SSSR count). The van der Waals surface area contributed by atoms with Crippen LogP contribution < -0.4 is 15.8 Å². The van der Waals surface area contributed by atoms with E-state index >= 15 is 0 Å². The highest BCUT2D eigenvalue weighted by atomic mass is 35.5. The minimum absolute atomic E-state index is 0.109. The molecule has 2 aromatic heterocycles. The average molecular weight is 485 g/mol. The number of aromatic nitrogens is 4. The van der Waals surface area contributed by atoms with Gasteiger partial charge >= 0.3 is 0 Å². The monoisotopic (exact) mass is 484 g/mol. The normalized spacial score (nSPS) is 10.9. The summed E-state index contributed by atoms with van der Waals surface area (Å²) in [6.07, 6.45) is 1.85. The number of hydrogen-bond donors (Lipinski definition) is 2. The Balaban J connectivity index is 1.56. The highest BCUT2D eigenvalue weighted by Gasteiger charge is 2.24. The van der Waals surface area contributed by atoms with Crippen molar-refractivity contribution in [1.29, 1.82) is 0 Å². The quantitative estimate of drug-likeness (QED) is 0.367. The smallest absolute Gasteiger partial charge is 0.264 e. The number of amides is 1. The minimum Gasteiger partial charge on any atom is -0.495 e. The van der Waals surface area contributed by atoms with Gasteiger partial charge in [-0.3, -0.25) is 4.79 Å². The van der Waals surface area contributed by atoms with Gasteiger partial charge in [-0.25, -0.2) is 4.68 Å². The van der Waals surface area contributed by atoms with Crippen LogP contribution in [0.15, 0.2) is 52.0 Å². The zero-order valence-corrected chi connectivity index (χ0v) is 19.7. The van der Waals surface area contributed by atoms with Crippen LogP contribution in [0.1, 0.15) is 5.56 Å². The van der Waals surface area contributed by atoms with Crippen LogP contribution in [-0.4, -0.2) is 39.2 Å². The van der Waals surface area contributed by atoms with Crippen molar-refractivity contribution >= 4 is 40.8 Å². The number of benzene rings is 2. The summed E-state index contributed by atoms with van der Waals surface area (Å²) in [4.78, 5) is 17.1. The Morgan fingerprint density at radius 1 is 1.27 bits per heavy atom. The molecule has 33 heavy (non-hydrogen) atoms. The maximum atomic E-state index is 12.6. The third-order valence-corrected chi connectivity index (χ3v) is 5.80. The van der Waals surface area contributed by atoms with E-state index in [1.165, 1.54) is 23.6 Å². The van der Waals surface area contributed by atoms with Gasteiger partial charge < -0.3 is 20.3 Å². The van der Waals surface area contributed by atoms with E-state index in [9.17, 15) is 4.79 Å². The zero-order valence-electron chi connectivity index (χ0n) is 18.1. The van der Waals surface area contributed by atoms with Gasteiger partial charge in [0, 0.05) is 11.3 Å². The molecule has 2 aromatic carbocycles. The molecule has 3 N–H and O–H groups in total. The Bertz CT molecular complexity index is 1300. The minimum atomic E-state index is -0.324. The van der Waals surface area contributed by atoms with E-state index in [-0.39, 0.29) is 24.2 Å². The average Bonchev–Trinajstić information content (AvgIpc) is 3.39. The molecule has 170 valence electrons. The van der Waals surface area contributed by atoms with E-state index < -0.39 is 0 Å². The van der Waals surface area contributed by atoms with Crippen LogP contribution in [-0.2, 0) is 11.3 Å². The molecule has 0 aliphatic rings. The lowest BCUT2D eigenvalue weighted by Crippen LogP contribution is -2.20. The van der Waals surface area contributed by atoms with Gasteiger partial charge in [-0.05, 0) is 31.4 Å². The molecule has 0 aliphatic carbocycles. The first-order valence-electron chi connectivity index (χ1n) is 9.84. The van der Waals surface area contributed by atoms with Crippen molar-refractivity contribution in [2.75, 3.05) is 24.4 Å². The van der Waals surface area contributed by atoms with Crippen molar-refractivity contribution < 1.29 is 14.1 Å². The predicted octanol–water partition coefficient (Wildman–Crippen LogP) is 4.51. The van der Waals surface area contributed by atoms with Crippen molar-refractivity contribution in [2.24, 2.45) is 0 Å². The van der Waals surface area contributed by atoms with Crippen LogP contribution in [0.5, 0.6) is 5.75 Å². The standard InChI is InChI=1S/C22H21ClN6O3S/c1-12-4-6-13(7-5-12)20-26-21(32-28-20)18-19(24)29(27-22(18)33-3)11-17(30)25-14-8-9-16(31-2)15(23)10-14/h4-10H,11,24H2,1-3H3,(H,25,30). The molecule has 0 saturated heterocycles. The largest absolute Gasteiger partial charge is 0.495 e. The maximum Gasteiger partial charge on any atom is 0.264 e. The first-order chi connectivity index (χ1) is 15.9. The number of thioether (sulfide) groups is 1. The third-order valence-electron chi connectivity index (χ3n) is 4.83. The molecule has 0 saturated carbocycles. The lowest BCUT2D eigenvalue weighted by Gasteiger charge is -2.09. The number of nitrogens with two attached hydrogens (primary N) is 1. The van der Waals surface area contributed by atoms with Crippen molar-refractivity contribution in [1.82, 2.24) is 19.9 Å². The van der Waals surface area contributed by atoms with Crippen LogP contribution in [0.2, 0.25) is 5.02 Å². The number of carbonyl (C=O) groups is 1. The van der Waals surface area contributed by atoms with Gasteiger partial charge in [0.1, 0.15) is 28.7 Å². The molecule has 0 radical (unpaired) electrons. The highest BCUT2D eigenvalue weighted by molar-refractivity contribution is 7.98. The Morgan fingerprint density at radius 3 is 2.70 bits per heavy atom. The Kier molecular flexibility index (Phi) is 6.57. The SMILES string of the molecule is COc1ccc(NC(=O)Cn2nc(SC)c(-c3nc(-c4ccc(C)cc4)no3)c2N)cc1Cl. The summed E-state index contributed by atoms with van der Waals surface area (Å²) in [6.45, 7) is 1.90. The number of rotatable bonds is 7. The molecule has 4 aromatic rings. The van der Waals surface area contributed by atoms with Gasteiger partial charge in [0.25, 0.3) is 5.89 Å². The van der Waals surface area contributed by atoms with E-state index in [1.807, 2.05) is 37.4 Å². The second-order valence-corrected chi connectivity index (χ2v) is 8.32. The predicted molar refractivity (Wildman–Crippen MR) is 129 cm³/mol. The van der Waals surface area contributed by atoms with Crippen molar-refractivity contribution in [3.63, 3.8) is 0 Å². The lowest BCUT2D eigenvalue weighted by molar-refractivity contribution is -0.116. The summed E-state index contributed by atoms with van der Waals surface area (Å²) >= 11 is 7.49. The fraction of sp³-hybridized carbons (Fsp3) is 0.182. The molecular formula is C22H21ClN6O3S. The van der Waals surface area contributed by atoms with Crippen LogP contribution >= 0.6 is 23.4 Å². The van der Waals surface area contributed by atoms with Crippen molar-refractivity contribution in [2.45, 2.75) is 18.5 Å². The molecule has 0 spiro atoms. The van der Waals surface area contributed by atoms with E-state index in [2.05, 4.69) is 20.6 Å². The summed E-state index contributed by atoms with van der Waals surface area (Å²) in [6, 6.07) is 12.8. The van der Waals surface area contributed by atoms with Crippen LogP contribution in [0.25, 0.3) is 22.8 Å². The van der Waals surface area contributed by atoms with Gasteiger partial charge in [0.15, 0.2) is 0 Å². The molecule has 0 aliphatic heterocycles. The van der Waals surface area contributed by atoms with Gasteiger partial charge in [-0.2, -0.15) is 10.1 Å². The number of aryl methyl sites for hydroxylation is 1.